The van der Waals surface area contributed by atoms with Crippen molar-refractivity contribution in [3.05, 3.63) is 72.1 Å². The fourth-order valence-electron chi connectivity index (χ4n) is 4.12. The molecule has 0 aliphatic rings. The van der Waals surface area contributed by atoms with E-state index in [0.29, 0.717) is 18.7 Å². The fraction of sp³-hybridized carbons (Fsp3) is 0.467. The molecule has 0 spiro atoms. The number of nitrogens with zero attached hydrogens (tertiary/aromatic N) is 2. The van der Waals surface area contributed by atoms with Gasteiger partial charge >= 0.3 is 0 Å². The van der Waals surface area contributed by atoms with Crippen LogP contribution in [-0.2, 0) is 23.2 Å². The van der Waals surface area contributed by atoms with Crippen molar-refractivity contribution < 1.29 is 9.53 Å². The van der Waals surface area contributed by atoms with Crippen LogP contribution in [0.4, 0.5) is 0 Å². The molecule has 0 saturated carbocycles. The van der Waals surface area contributed by atoms with Crippen LogP contribution in [0.25, 0.3) is 11.0 Å². The first-order valence-electron chi connectivity index (χ1n) is 12.9. The standard InChI is InChI=1S/C30H41N3O2/c1-23(2)29(34)31-20-10-6-7-15-28-32-26-13-8-9-14-27(26)33(28)21-11-12-22-35-25-18-16-24(17-19-25)30(3,4)5/h8-9,13-14,16-19H,1,6-7,10-12,15,20-22H2,2-5H3,(H,31,34). The molecule has 3 rings (SSSR count). The average Bonchev–Trinajstić information content (AvgIpc) is 3.18. The monoisotopic (exact) mass is 475 g/mol. The molecule has 0 aliphatic carbocycles. The normalized spacial score (nSPS) is 11.5. The predicted octanol–water partition coefficient (Wildman–Crippen LogP) is 6.60. The van der Waals surface area contributed by atoms with Crippen LogP contribution in [0.3, 0.4) is 0 Å². The Balaban J connectivity index is 1.46. The molecule has 0 radical (unpaired) electrons. The third-order valence-electron chi connectivity index (χ3n) is 6.25. The van der Waals surface area contributed by atoms with Crippen molar-refractivity contribution in [1.82, 2.24) is 14.9 Å². The number of carbonyl (C=O) groups excluding carboxylic acids is 1. The van der Waals surface area contributed by atoms with Gasteiger partial charge in [-0.2, -0.15) is 0 Å². The molecule has 0 fully saturated rings. The fourth-order valence-corrected chi connectivity index (χ4v) is 4.12. The summed E-state index contributed by atoms with van der Waals surface area (Å²) in [5.41, 5.74) is 4.30. The molecule has 1 amide bonds. The number of rotatable bonds is 13. The van der Waals surface area contributed by atoms with E-state index in [1.807, 2.05) is 6.07 Å². The van der Waals surface area contributed by atoms with Gasteiger partial charge in [-0.3, -0.25) is 4.79 Å². The number of benzene rings is 2. The molecule has 2 aromatic carbocycles. The summed E-state index contributed by atoms with van der Waals surface area (Å²) in [7, 11) is 0. The van der Waals surface area contributed by atoms with Crippen LogP contribution in [-0.4, -0.2) is 28.6 Å². The molecule has 5 nitrogen and oxygen atoms in total. The summed E-state index contributed by atoms with van der Waals surface area (Å²) in [4.78, 5) is 16.5. The van der Waals surface area contributed by atoms with Crippen LogP contribution in [0.5, 0.6) is 5.75 Å². The lowest BCUT2D eigenvalue weighted by atomic mass is 9.87. The number of ether oxygens (including phenoxy) is 1. The maximum atomic E-state index is 11.6. The predicted molar refractivity (Wildman–Crippen MR) is 145 cm³/mol. The van der Waals surface area contributed by atoms with E-state index in [0.717, 1.165) is 62.2 Å². The minimum absolute atomic E-state index is 0.0577. The maximum absolute atomic E-state index is 11.6. The molecule has 1 N–H and O–H groups in total. The lowest BCUT2D eigenvalue weighted by molar-refractivity contribution is -0.117. The van der Waals surface area contributed by atoms with Gasteiger partial charge in [0.25, 0.3) is 0 Å². The number of carbonyl (C=O) groups is 1. The van der Waals surface area contributed by atoms with Crippen LogP contribution >= 0.6 is 0 Å². The van der Waals surface area contributed by atoms with Crippen molar-refractivity contribution in [2.24, 2.45) is 0 Å². The topological polar surface area (TPSA) is 56.2 Å². The highest BCUT2D eigenvalue weighted by Crippen LogP contribution is 2.24. The van der Waals surface area contributed by atoms with Gasteiger partial charge in [-0.15, -0.1) is 0 Å². The van der Waals surface area contributed by atoms with Gasteiger partial charge in [0.1, 0.15) is 11.6 Å². The van der Waals surface area contributed by atoms with E-state index in [2.05, 4.69) is 79.7 Å². The number of aromatic nitrogens is 2. The Labute approximate surface area is 210 Å². The molecule has 1 heterocycles. The third kappa shape index (κ3) is 7.98. The molecule has 0 aliphatic heterocycles. The number of imidazole rings is 1. The van der Waals surface area contributed by atoms with Gasteiger partial charge in [-0.1, -0.05) is 58.0 Å². The van der Waals surface area contributed by atoms with Crippen molar-refractivity contribution in [2.75, 3.05) is 13.2 Å². The summed E-state index contributed by atoms with van der Waals surface area (Å²) in [6.45, 7) is 14.4. The maximum Gasteiger partial charge on any atom is 0.246 e. The van der Waals surface area contributed by atoms with Crippen molar-refractivity contribution >= 4 is 16.9 Å². The number of amides is 1. The average molecular weight is 476 g/mol. The van der Waals surface area contributed by atoms with Crippen LogP contribution in [0.2, 0.25) is 0 Å². The second-order valence-corrected chi connectivity index (χ2v) is 10.3. The second-order valence-electron chi connectivity index (χ2n) is 10.3. The zero-order valence-corrected chi connectivity index (χ0v) is 21.9. The Bertz CT molecular complexity index is 1110. The molecule has 0 unspecified atom stereocenters. The molecule has 0 atom stereocenters. The van der Waals surface area contributed by atoms with E-state index in [9.17, 15) is 4.79 Å². The minimum Gasteiger partial charge on any atom is -0.494 e. The molecule has 1 aromatic heterocycles. The van der Waals surface area contributed by atoms with Crippen LogP contribution in [0, 0.1) is 0 Å². The van der Waals surface area contributed by atoms with Crippen molar-refractivity contribution in [3.8, 4) is 5.75 Å². The lowest BCUT2D eigenvalue weighted by Gasteiger charge is -2.19. The van der Waals surface area contributed by atoms with Crippen LogP contribution < -0.4 is 10.1 Å². The third-order valence-corrected chi connectivity index (χ3v) is 6.25. The summed E-state index contributed by atoms with van der Waals surface area (Å²) in [6.07, 6.45) is 6.06. The Morgan fingerprint density at radius 2 is 1.74 bits per heavy atom. The molecule has 5 heteroatoms. The zero-order valence-electron chi connectivity index (χ0n) is 21.9. The molecule has 3 aromatic rings. The Hall–Kier alpha value is -3.08. The zero-order chi connectivity index (χ0) is 25.3. The number of unbranched alkanes of at least 4 members (excludes halogenated alkanes) is 3. The van der Waals surface area contributed by atoms with Gasteiger partial charge in [-0.05, 0) is 67.9 Å². The van der Waals surface area contributed by atoms with E-state index in [-0.39, 0.29) is 11.3 Å². The summed E-state index contributed by atoms with van der Waals surface area (Å²) < 4.78 is 8.36. The van der Waals surface area contributed by atoms with Crippen molar-refractivity contribution in [1.29, 1.82) is 0 Å². The van der Waals surface area contributed by atoms with E-state index in [1.165, 1.54) is 11.1 Å². The van der Waals surface area contributed by atoms with Gasteiger partial charge in [0, 0.05) is 25.1 Å². The summed E-state index contributed by atoms with van der Waals surface area (Å²) in [5.74, 6) is 2.03. The van der Waals surface area contributed by atoms with Gasteiger partial charge in [0.05, 0.1) is 17.6 Å². The number of aryl methyl sites for hydroxylation is 2. The minimum atomic E-state index is -0.0577. The number of hydrogen-bond donors (Lipinski definition) is 1. The molecule has 35 heavy (non-hydrogen) atoms. The Morgan fingerprint density at radius 1 is 1.00 bits per heavy atom. The first-order chi connectivity index (χ1) is 16.8. The Morgan fingerprint density at radius 3 is 2.46 bits per heavy atom. The molecule has 0 saturated heterocycles. The quantitative estimate of drug-likeness (QED) is 0.224. The van der Waals surface area contributed by atoms with E-state index in [1.54, 1.807) is 6.92 Å². The molecule has 0 bridgehead atoms. The number of nitrogens with one attached hydrogen (secondary N) is 1. The molecule has 188 valence electrons. The van der Waals surface area contributed by atoms with Crippen LogP contribution in [0.1, 0.15) is 71.2 Å². The number of hydrogen-bond acceptors (Lipinski definition) is 3. The number of para-hydroxylation sites is 2. The highest BCUT2D eigenvalue weighted by molar-refractivity contribution is 5.92. The lowest BCUT2D eigenvalue weighted by Crippen LogP contribution is -2.24. The Kier molecular flexibility index (Phi) is 9.53. The van der Waals surface area contributed by atoms with E-state index in [4.69, 9.17) is 9.72 Å². The van der Waals surface area contributed by atoms with Crippen molar-refractivity contribution in [3.63, 3.8) is 0 Å². The summed E-state index contributed by atoms with van der Waals surface area (Å²) in [6, 6.07) is 16.9. The van der Waals surface area contributed by atoms with Gasteiger partial charge in [0.2, 0.25) is 5.91 Å². The molecular weight excluding hydrogens is 434 g/mol. The smallest absolute Gasteiger partial charge is 0.246 e. The van der Waals surface area contributed by atoms with Gasteiger partial charge in [-0.25, -0.2) is 4.98 Å². The summed E-state index contributed by atoms with van der Waals surface area (Å²) in [5, 5.41) is 2.90. The van der Waals surface area contributed by atoms with Crippen molar-refractivity contribution in [2.45, 2.75) is 78.2 Å². The second kappa shape index (κ2) is 12.6. The highest BCUT2D eigenvalue weighted by Gasteiger charge is 2.13. The van der Waals surface area contributed by atoms with Gasteiger partial charge in [0.15, 0.2) is 0 Å². The van der Waals surface area contributed by atoms with E-state index < -0.39 is 0 Å². The van der Waals surface area contributed by atoms with Gasteiger partial charge < -0.3 is 14.6 Å². The van der Waals surface area contributed by atoms with Crippen LogP contribution in [0.15, 0.2) is 60.7 Å². The largest absolute Gasteiger partial charge is 0.494 e. The first kappa shape index (κ1) is 26.5. The summed E-state index contributed by atoms with van der Waals surface area (Å²) >= 11 is 0. The number of fused-ring (bicyclic) bond motifs is 1. The first-order valence-corrected chi connectivity index (χ1v) is 12.9. The SMILES string of the molecule is C=C(C)C(=O)NCCCCCc1nc2ccccc2n1CCCCOc1ccc(C(C)(C)C)cc1. The molecular formula is C30H41N3O2. The highest BCUT2D eigenvalue weighted by atomic mass is 16.5. The van der Waals surface area contributed by atoms with E-state index >= 15 is 0 Å².